The Bertz CT molecular complexity index is 954. The molecule has 0 unspecified atom stereocenters. The lowest BCUT2D eigenvalue weighted by Gasteiger charge is -2.33. The molecule has 0 aliphatic carbocycles. The Morgan fingerprint density at radius 1 is 0.821 bits per heavy atom. The molecule has 1 nitrogen and oxygen atoms in total. The van der Waals surface area contributed by atoms with E-state index in [0.717, 1.165) is 36.2 Å². The third kappa shape index (κ3) is 5.58. The van der Waals surface area contributed by atoms with E-state index in [1.165, 1.54) is 16.3 Å². The van der Waals surface area contributed by atoms with E-state index < -0.39 is 0 Å². The van der Waals surface area contributed by atoms with Crippen molar-refractivity contribution in [3.63, 3.8) is 0 Å². The van der Waals surface area contributed by atoms with Crippen LogP contribution in [0.2, 0.25) is 0 Å². The Hall–Kier alpha value is -2.34. The van der Waals surface area contributed by atoms with Crippen molar-refractivity contribution < 1.29 is 21.5 Å². The van der Waals surface area contributed by atoms with Crippen molar-refractivity contribution in [1.82, 2.24) is 0 Å². The fourth-order valence-corrected chi connectivity index (χ4v) is 3.38. The molecule has 2 heteroatoms. The summed E-state index contributed by atoms with van der Waals surface area (Å²) in [5, 5.41) is 2.49. The fraction of sp³-hybridized carbons (Fsp3) is 0.231. The minimum atomic E-state index is 0. The number of quaternary nitrogens is 1. The highest BCUT2D eigenvalue weighted by molar-refractivity contribution is 5.88. The van der Waals surface area contributed by atoms with E-state index >= 15 is 0 Å². The van der Waals surface area contributed by atoms with E-state index in [9.17, 15) is 0 Å². The summed E-state index contributed by atoms with van der Waals surface area (Å²) in [5.74, 6) is 6.90. The van der Waals surface area contributed by atoms with Gasteiger partial charge in [0, 0.05) is 5.56 Å². The lowest BCUT2D eigenvalue weighted by molar-refractivity contribution is -0.912. The van der Waals surface area contributed by atoms with Crippen LogP contribution < -0.4 is 17.0 Å². The fourth-order valence-electron chi connectivity index (χ4n) is 3.38. The van der Waals surface area contributed by atoms with Gasteiger partial charge in [0.15, 0.2) is 0 Å². The van der Waals surface area contributed by atoms with Gasteiger partial charge in [0.05, 0.1) is 19.6 Å². The van der Waals surface area contributed by atoms with Gasteiger partial charge >= 0.3 is 0 Å². The molecule has 0 aliphatic heterocycles. The normalized spacial score (nSPS) is 11.1. The molecular formula is C26H28BrN. The van der Waals surface area contributed by atoms with Gasteiger partial charge in [0.25, 0.3) is 0 Å². The third-order valence-corrected chi connectivity index (χ3v) is 5.37. The maximum absolute atomic E-state index is 3.47. The average Bonchev–Trinajstić information content (AvgIpc) is 2.73. The SMILES string of the molecule is CC[N+](CC)(CC#Cc1cccc2ccccc12)CC=Cc1ccccc1.[Br-]. The number of halogens is 1. The van der Waals surface area contributed by atoms with Crippen LogP contribution >= 0.6 is 0 Å². The molecule has 0 saturated heterocycles. The van der Waals surface area contributed by atoms with E-state index in [0.29, 0.717) is 0 Å². The first-order valence-corrected chi connectivity index (χ1v) is 9.79. The second-order valence-electron chi connectivity index (χ2n) is 6.96. The first kappa shape index (κ1) is 22.0. The lowest BCUT2D eigenvalue weighted by Crippen LogP contribution is -3.00. The molecule has 0 saturated carbocycles. The molecule has 0 N–H and O–H groups in total. The molecule has 28 heavy (non-hydrogen) atoms. The number of likely N-dealkylation sites (N-methyl/N-ethyl adjacent to an activating group) is 1. The summed E-state index contributed by atoms with van der Waals surface area (Å²) < 4.78 is 0.987. The second kappa shape index (κ2) is 10.9. The van der Waals surface area contributed by atoms with Crippen molar-refractivity contribution in [3.05, 3.63) is 90.0 Å². The van der Waals surface area contributed by atoms with E-state index in [4.69, 9.17) is 0 Å². The van der Waals surface area contributed by atoms with Crippen LogP contribution in [-0.4, -0.2) is 30.7 Å². The number of hydrogen-bond donors (Lipinski definition) is 0. The second-order valence-corrected chi connectivity index (χ2v) is 6.96. The molecule has 0 fully saturated rings. The molecular weight excluding hydrogens is 406 g/mol. The highest BCUT2D eigenvalue weighted by Crippen LogP contribution is 2.17. The van der Waals surface area contributed by atoms with Gasteiger partial charge in [-0.15, -0.1) is 0 Å². The smallest absolute Gasteiger partial charge is 0.141 e. The molecule has 0 amide bonds. The molecule has 0 aliphatic rings. The van der Waals surface area contributed by atoms with Gasteiger partial charge in [-0.05, 0) is 48.2 Å². The van der Waals surface area contributed by atoms with E-state index in [1.807, 2.05) is 0 Å². The number of rotatable bonds is 6. The van der Waals surface area contributed by atoms with Gasteiger partial charge in [0.1, 0.15) is 6.54 Å². The van der Waals surface area contributed by atoms with Gasteiger partial charge in [0.2, 0.25) is 0 Å². The van der Waals surface area contributed by atoms with Crippen LogP contribution in [0.4, 0.5) is 0 Å². The van der Waals surface area contributed by atoms with Gasteiger partial charge in [-0.3, -0.25) is 0 Å². The largest absolute Gasteiger partial charge is 1.00 e. The van der Waals surface area contributed by atoms with Crippen molar-refractivity contribution in [2.24, 2.45) is 0 Å². The zero-order chi connectivity index (χ0) is 19.0. The first-order valence-electron chi connectivity index (χ1n) is 9.79. The molecule has 3 rings (SSSR count). The topological polar surface area (TPSA) is 0 Å². The van der Waals surface area contributed by atoms with Crippen LogP contribution in [0.25, 0.3) is 16.8 Å². The van der Waals surface area contributed by atoms with Crippen LogP contribution in [-0.2, 0) is 0 Å². The van der Waals surface area contributed by atoms with Gasteiger partial charge in [-0.2, -0.15) is 0 Å². The molecule has 0 heterocycles. The minimum Gasteiger partial charge on any atom is -1.00 e. The van der Waals surface area contributed by atoms with Crippen molar-refractivity contribution in [3.8, 4) is 11.8 Å². The van der Waals surface area contributed by atoms with Crippen LogP contribution in [0.3, 0.4) is 0 Å². The quantitative estimate of drug-likeness (QED) is 0.414. The summed E-state index contributed by atoms with van der Waals surface area (Å²) in [5.41, 5.74) is 2.38. The Morgan fingerprint density at radius 3 is 2.25 bits per heavy atom. The van der Waals surface area contributed by atoms with Crippen molar-refractivity contribution >= 4 is 16.8 Å². The number of nitrogens with zero attached hydrogens (tertiary/aromatic N) is 1. The molecule has 0 spiro atoms. The maximum Gasteiger partial charge on any atom is 0.141 e. The summed E-state index contributed by atoms with van der Waals surface area (Å²) in [6.45, 7) is 8.57. The predicted molar refractivity (Wildman–Crippen MR) is 117 cm³/mol. The minimum absolute atomic E-state index is 0. The van der Waals surface area contributed by atoms with Gasteiger partial charge in [-0.1, -0.05) is 78.7 Å². The highest BCUT2D eigenvalue weighted by atomic mass is 79.9. The van der Waals surface area contributed by atoms with Crippen molar-refractivity contribution in [2.75, 3.05) is 26.2 Å². The summed E-state index contributed by atoms with van der Waals surface area (Å²) in [6.07, 6.45) is 4.51. The maximum atomic E-state index is 3.47. The number of benzene rings is 3. The van der Waals surface area contributed by atoms with Crippen molar-refractivity contribution in [2.45, 2.75) is 13.8 Å². The van der Waals surface area contributed by atoms with Crippen LogP contribution in [0.1, 0.15) is 25.0 Å². The first-order chi connectivity index (χ1) is 13.3. The molecule has 0 radical (unpaired) electrons. The predicted octanol–water partition coefficient (Wildman–Crippen LogP) is 2.77. The number of hydrogen-bond acceptors (Lipinski definition) is 0. The monoisotopic (exact) mass is 433 g/mol. The zero-order valence-corrected chi connectivity index (χ0v) is 18.3. The van der Waals surface area contributed by atoms with Crippen LogP contribution in [0.15, 0.2) is 78.9 Å². The molecule has 3 aromatic carbocycles. The summed E-state index contributed by atoms with van der Waals surface area (Å²) in [7, 11) is 0. The molecule has 0 aromatic heterocycles. The summed E-state index contributed by atoms with van der Waals surface area (Å²) in [6, 6.07) is 25.3. The van der Waals surface area contributed by atoms with E-state index in [1.54, 1.807) is 0 Å². The van der Waals surface area contributed by atoms with Gasteiger partial charge < -0.3 is 21.5 Å². The zero-order valence-electron chi connectivity index (χ0n) is 16.7. The molecule has 3 aromatic rings. The summed E-state index contributed by atoms with van der Waals surface area (Å²) >= 11 is 0. The Labute approximate surface area is 180 Å². The van der Waals surface area contributed by atoms with Crippen LogP contribution in [0.5, 0.6) is 0 Å². The van der Waals surface area contributed by atoms with Crippen LogP contribution in [0, 0.1) is 11.8 Å². The molecule has 144 valence electrons. The Kier molecular flexibility index (Phi) is 8.51. The average molecular weight is 434 g/mol. The van der Waals surface area contributed by atoms with Gasteiger partial charge in [-0.25, -0.2) is 0 Å². The van der Waals surface area contributed by atoms with E-state index in [2.05, 4.69) is 111 Å². The Morgan fingerprint density at radius 2 is 1.50 bits per heavy atom. The summed E-state index contributed by atoms with van der Waals surface area (Å²) in [4.78, 5) is 0. The standard InChI is InChI=1S/C26H28N.BrH/c1-3-27(4-2,21-11-15-23-13-6-5-7-14-23)22-12-19-25-18-10-17-24-16-8-9-20-26(24)25;/h5-11,13-18,20H,3-4,21-22H2,1-2H3;1H/q+1;/p-1. The highest BCUT2D eigenvalue weighted by Gasteiger charge is 2.19. The lowest BCUT2D eigenvalue weighted by atomic mass is 10.1. The van der Waals surface area contributed by atoms with Crippen molar-refractivity contribution in [1.29, 1.82) is 0 Å². The molecule has 0 atom stereocenters. The third-order valence-electron chi connectivity index (χ3n) is 5.37. The Balaban J connectivity index is 0.00000280. The van der Waals surface area contributed by atoms with E-state index in [-0.39, 0.29) is 17.0 Å². The number of fused-ring (bicyclic) bond motifs is 1. The molecule has 0 bridgehead atoms.